The van der Waals surface area contributed by atoms with Crippen molar-refractivity contribution in [2.75, 3.05) is 33.4 Å². The second kappa shape index (κ2) is 9.06. The molecule has 0 aliphatic carbocycles. The number of carbonyl (C=O) groups excluding carboxylic acids is 1. The van der Waals surface area contributed by atoms with E-state index in [9.17, 15) is 4.79 Å². The van der Waals surface area contributed by atoms with Gasteiger partial charge in [-0.15, -0.1) is 0 Å². The van der Waals surface area contributed by atoms with E-state index >= 15 is 0 Å². The molecule has 3 aromatic rings. The van der Waals surface area contributed by atoms with Gasteiger partial charge in [0, 0.05) is 28.4 Å². The number of carbonyl (C=O) groups is 1. The van der Waals surface area contributed by atoms with Crippen LogP contribution in [0.2, 0.25) is 5.02 Å². The van der Waals surface area contributed by atoms with E-state index in [1.165, 1.54) is 6.92 Å². The van der Waals surface area contributed by atoms with Crippen LogP contribution < -0.4 is 9.47 Å². The lowest BCUT2D eigenvalue weighted by molar-refractivity contribution is 0.101. The quantitative estimate of drug-likeness (QED) is 0.496. The minimum Gasteiger partial charge on any atom is -0.493 e. The molecule has 1 saturated heterocycles. The molecule has 2 aromatic carbocycles. The predicted molar refractivity (Wildman–Crippen MR) is 116 cm³/mol. The van der Waals surface area contributed by atoms with Crippen LogP contribution in [-0.2, 0) is 0 Å². The van der Waals surface area contributed by atoms with Crippen molar-refractivity contribution in [1.82, 2.24) is 10.1 Å². The molecule has 0 bridgehead atoms. The lowest BCUT2D eigenvalue weighted by atomic mass is 9.92. The molecule has 7 heteroatoms. The van der Waals surface area contributed by atoms with Crippen LogP contribution in [0.5, 0.6) is 11.5 Å². The molecule has 1 aromatic heterocycles. The number of ketones is 1. The molecular formula is C23H25ClN2O4. The molecule has 4 rings (SSSR count). The number of piperidine rings is 1. The highest BCUT2D eigenvalue weighted by atomic mass is 35.5. The molecule has 2 heterocycles. The van der Waals surface area contributed by atoms with Crippen LogP contribution in [0.1, 0.15) is 41.8 Å². The maximum absolute atomic E-state index is 11.5. The number of Topliss-reactive ketones (excluding diaryl/α,β-unsaturated/α-hetero) is 1. The summed E-state index contributed by atoms with van der Waals surface area (Å²) >= 11 is 6.04. The van der Waals surface area contributed by atoms with Gasteiger partial charge in [-0.2, -0.15) is 0 Å². The molecule has 0 unspecified atom stereocenters. The van der Waals surface area contributed by atoms with Gasteiger partial charge in [0.15, 0.2) is 17.3 Å². The monoisotopic (exact) mass is 428 g/mol. The van der Waals surface area contributed by atoms with Gasteiger partial charge in [0.2, 0.25) is 0 Å². The Balaban J connectivity index is 1.30. The van der Waals surface area contributed by atoms with E-state index in [4.69, 9.17) is 25.6 Å². The van der Waals surface area contributed by atoms with Crippen molar-refractivity contribution in [2.24, 2.45) is 0 Å². The third-order valence-electron chi connectivity index (χ3n) is 5.66. The number of nitrogens with zero attached hydrogens (tertiary/aromatic N) is 2. The number of hydrogen-bond donors (Lipinski definition) is 0. The summed E-state index contributed by atoms with van der Waals surface area (Å²) in [5, 5.41) is 5.89. The Bertz CT molecular complexity index is 1040. The molecule has 0 saturated carbocycles. The van der Waals surface area contributed by atoms with Gasteiger partial charge in [-0.05, 0) is 69.3 Å². The lowest BCUT2D eigenvalue weighted by Crippen LogP contribution is -2.35. The molecule has 1 aliphatic rings. The summed E-state index contributed by atoms with van der Waals surface area (Å²) in [6, 6.07) is 11.0. The van der Waals surface area contributed by atoms with E-state index in [1.807, 2.05) is 18.2 Å². The van der Waals surface area contributed by atoms with Crippen molar-refractivity contribution >= 4 is 28.3 Å². The third-order valence-corrected chi connectivity index (χ3v) is 5.90. The maximum atomic E-state index is 11.5. The van der Waals surface area contributed by atoms with Crippen LogP contribution in [0.25, 0.3) is 10.9 Å². The number of aromatic nitrogens is 1. The topological polar surface area (TPSA) is 64.8 Å². The molecule has 0 atom stereocenters. The number of halogens is 1. The van der Waals surface area contributed by atoms with E-state index < -0.39 is 0 Å². The van der Waals surface area contributed by atoms with E-state index in [1.54, 1.807) is 25.3 Å². The maximum Gasteiger partial charge on any atom is 0.161 e. The Morgan fingerprint density at radius 2 is 2.00 bits per heavy atom. The van der Waals surface area contributed by atoms with Gasteiger partial charge in [0.1, 0.15) is 17.9 Å². The second-order valence-corrected chi connectivity index (χ2v) is 8.03. The first-order valence-electron chi connectivity index (χ1n) is 10.1. The van der Waals surface area contributed by atoms with Crippen LogP contribution in [-0.4, -0.2) is 49.2 Å². The van der Waals surface area contributed by atoms with Crippen molar-refractivity contribution in [1.29, 1.82) is 0 Å². The summed E-state index contributed by atoms with van der Waals surface area (Å²) in [6.07, 6.45) is 2.03. The second-order valence-electron chi connectivity index (χ2n) is 7.59. The van der Waals surface area contributed by atoms with Crippen LogP contribution >= 0.6 is 11.6 Å². The highest BCUT2D eigenvalue weighted by Crippen LogP contribution is 2.34. The fourth-order valence-corrected chi connectivity index (χ4v) is 4.11. The molecule has 6 nitrogen and oxygen atoms in total. The number of methoxy groups -OCH3 is 1. The summed E-state index contributed by atoms with van der Waals surface area (Å²) in [5.41, 5.74) is 1.43. The fourth-order valence-electron chi connectivity index (χ4n) is 3.94. The average molecular weight is 429 g/mol. The summed E-state index contributed by atoms with van der Waals surface area (Å²) in [4.78, 5) is 13.9. The molecule has 158 valence electrons. The largest absolute Gasteiger partial charge is 0.493 e. The third kappa shape index (κ3) is 4.45. The number of rotatable bonds is 7. The molecule has 1 fully saturated rings. The number of ether oxygens (including phenoxy) is 2. The number of hydrogen-bond acceptors (Lipinski definition) is 6. The molecule has 1 aliphatic heterocycles. The first-order chi connectivity index (χ1) is 14.5. The van der Waals surface area contributed by atoms with Gasteiger partial charge in [-0.1, -0.05) is 16.8 Å². The standard InChI is InChI=1S/C23H25ClN2O4/c1-15(27)17-3-6-21(22(13-17)28-2)29-12-11-26-9-7-16(8-10-26)23-19-5-4-18(24)14-20(19)25-30-23/h3-6,13-14,16H,7-12H2,1-2H3. The molecular weight excluding hydrogens is 404 g/mol. The normalized spacial score (nSPS) is 15.4. The zero-order valence-corrected chi connectivity index (χ0v) is 17.9. The fraction of sp³-hybridized carbons (Fsp3) is 0.391. The van der Waals surface area contributed by atoms with Gasteiger partial charge < -0.3 is 14.0 Å². The van der Waals surface area contributed by atoms with Crippen LogP contribution in [0.3, 0.4) is 0 Å². The summed E-state index contributed by atoms with van der Waals surface area (Å²) in [6.45, 7) is 4.88. The van der Waals surface area contributed by atoms with Gasteiger partial charge >= 0.3 is 0 Å². The number of fused-ring (bicyclic) bond motifs is 1. The van der Waals surface area contributed by atoms with E-state index in [0.29, 0.717) is 34.6 Å². The molecule has 30 heavy (non-hydrogen) atoms. The predicted octanol–water partition coefficient (Wildman–Crippen LogP) is 4.95. The van der Waals surface area contributed by atoms with E-state index in [2.05, 4.69) is 10.1 Å². The van der Waals surface area contributed by atoms with Crippen molar-refractivity contribution in [3.05, 3.63) is 52.7 Å². The minimum atomic E-state index is 0.00496. The zero-order chi connectivity index (χ0) is 21.1. The highest BCUT2D eigenvalue weighted by molar-refractivity contribution is 6.31. The Morgan fingerprint density at radius 1 is 1.20 bits per heavy atom. The van der Waals surface area contributed by atoms with E-state index in [-0.39, 0.29) is 5.78 Å². The van der Waals surface area contributed by atoms with Crippen LogP contribution in [0.4, 0.5) is 0 Å². The van der Waals surface area contributed by atoms with Gasteiger partial charge in [-0.25, -0.2) is 0 Å². The summed E-state index contributed by atoms with van der Waals surface area (Å²) < 4.78 is 16.9. The molecule has 0 radical (unpaired) electrons. The SMILES string of the molecule is COc1cc(C(C)=O)ccc1OCCN1CCC(c2onc3cc(Cl)ccc23)CC1. The lowest BCUT2D eigenvalue weighted by Gasteiger charge is -2.30. The van der Waals surface area contributed by atoms with Crippen molar-refractivity contribution in [3.8, 4) is 11.5 Å². The smallest absolute Gasteiger partial charge is 0.161 e. The molecule has 0 N–H and O–H groups in total. The molecule has 0 spiro atoms. The summed E-state index contributed by atoms with van der Waals surface area (Å²) in [7, 11) is 1.58. The minimum absolute atomic E-state index is 0.00496. The van der Waals surface area contributed by atoms with Crippen molar-refractivity contribution < 1.29 is 18.8 Å². The first kappa shape index (κ1) is 20.7. The average Bonchev–Trinajstić information content (AvgIpc) is 3.17. The number of benzene rings is 2. The Hall–Kier alpha value is -2.57. The van der Waals surface area contributed by atoms with E-state index in [0.717, 1.165) is 49.1 Å². The van der Waals surface area contributed by atoms with Crippen molar-refractivity contribution in [2.45, 2.75) is 25.7 Å². The van der Waals surface area contributed by atoms with Crippen molar-refractivity contribution in [3.63, 3.8) is 0 Å². The highest BCUT2D eigenvalue weighted by Gasteiger charge is 2.25. The zero-order valence-electron chi connectivity index (χ0n) is 17.2. The number of likely N-dealkylation sites (tertiary alicyclic amines) is 1. The first-order valence-corrected chi connectivity index (χ1v) is 10.5. The van der Waals surface area contributed by atoms with Crippen LogP contribution in [0, 0.1) is 0 Å². The molecule has 0 amide bonds. The summed E-state index contributed by atoms with van der Waals surface area (Å²) in [5.74, 6) is 2.58. The van der Waals surface area contributed by atoms with Crippen LogP contribution in [0.15, 0.2) is 40.9 Å². The Labute approximate surface area is 180 Å². The van der Waals surface area contributed by atoms with Gasteiger partial charge in [0.25, 0.3) is 0 Å². The Kier molecular flexibility index (Phi) is 6.25. The van der Waals surface area contributed by atoms with Gasteiger partial charge in [-0.3, -0.25) is 9.69 Å². The Morgan fingerprint density at radius 3 is 2.73 bits per heavy atom. The van der Waals surface area contributed by atoms with Gasteiger partial charge in [0.05, 0.1) is 7.11 Å².